The zero-order valence-electron chi connectivity index (χ0n) is 6.23. The Bertz CT molecular complexity index is 129. The number of carboxylic acid groups (broad SMARTS) is 1. The fourth-order valence-electron chi connectivity index (χ4n) is 0.613. The molecule has 6 N–H and O–H groups in total. The van der Waals surface area contributed by atoms with Crippen molar-refractivity contribution in [1.82, 2.24) is 0 Å². The second-order valence-electron chi connectivity index (χ2n) is 2.41. The lowest BCUT2D eigenvalue weighted by molar-refractivity contribution is -0.138. The molecule has 0 aromatic rings. The Morgan fingerprint density at radius 1 is 1.55 bits per heavy atom. The first-order chi connectivity index (χ1) is 5.07. The highest BCUT2D eigenvalue weighted by atomic mass is 16.4. The summed E-state index contributed by atoms with van der Waals surface area (Å²) in [6.07, 6.45) is -0.0436. The Balaban J connectivity index is 3.45. The van der Waals surface area contributed by atoms with Gasteiger partial charge in [-0.05, 0) is 12.8 Å². The minimum Gasteiger partial charge on any atom is -0.480 e. The van der Waals surface area contributed by atoms with E-state index in [9.17, 15) is 4.79 Å². The Labute approximate surface area is 65.0 Å². The van der Waals surface area contributed by atoms with Gasteiger partial charge in [-0.2, -0.15) is 0 Å². The van der Waals surface area contributed by atoms with Gasteiger partial charge in [0.05, 0.1) is 6.10 Å². The highest BCUT2D eigenvalue weighted by Gasteiger charge is 2.12. The molecule has 5 nitrogen and oxygen atoms in total. The van der Waals surface area contributed by atoms with Crippen LogP contribution in [-0.2, 0) is 4.79 Å². The van der Waals surface area contributed by atoms with E-state index in [-0.39, 0.29) is 13.0 Å². The first-order valence-electron chi connectivity index (χ1n) is 3.44. The van der Waals surface area contributed by atoms with Crippen LogP contribution in [0.1, 0.15) is 12.8 Å². The smallest absolute Gasteiger partial charge is 0.320 e. The van der Waals surface area contributed by atoms with Crippen LogP contribution in [0.3, 0.4) is 0 Å². The van der Waals surface area contributed by atoms with Crippen molar-refractivity contribution in [3.8, 4) is 0 Å². The number of nitrogens with two attached hydrogens (primary N) is 2. The fraction of sp³-hybridized carbons (Fsp3) is 0.833. The molecule has 0 aliphatic heterocycles. The molecule has 0 saturated heterocycles. The molecule has 0 rings (SSSR count). The minimum absolute atomic E-state index is 0.145. The number of aliphatic carboxylic acids is 1. The van der Waals surface area contributed by atoms with Gasteiger partial charge < -0.3 is 21.7 Å². The molecule has 0 aliphatic carbocycles. The van der Waals surface area contributed by atoms with Crippen LogP contribution >= 0.6 is 0 Å². The summed E-state index contributed by atoms with van der Waals surface area (Å²) in [5.74, 6) is -1.05. The highest BCUT2D eigenvalue weighted by Crippen LogP contribution is 1.98. The lowest BCUT2D eigenvalue weighted by Gasteiger charge is -2.09. The number of rotatable bonds is 5. The molecule has 11 heavy (non-hydrogen) atoms. The van der Waals surface area contributed by atoms with Gasteiger partial charge in [0.25, 0.3) is 0 Å². The van der Waals surface area contributed by atoms with E-state index in [1.54, 1.807) is 0 Å². The van der Waals surface area contributed by atoms with Gasteiger partial charge in [0.2, 0.25) is 0 Å². The van der Waals surface area contributed by atoms with E-state index >= 15 is 0 Å². The molecule has 0 amide bonds. The number of hydrogen-bond acceptors (Lipinski definition) is 4. The Morgan fingerprint density at radius 2 is 2.09 bits per heavy atom. The second-order valence-corrected chi connectivity index (χ2v) is 2.41. The van der Waals surface area contributed by atoms with Gasteiger partial charge in [-0.15, -0.1) is 0 Å². The predicted octanol–water partition coefficient (Wildman–Crippen LogP) is -1.50. The number of aliphatic hydroxyl groups is 1. The summed E-state index contributed by atoms with van der Waals surface area (Å²) in [7, 11) is 0. The lowest BCUT2D eigenvalue weighted by Crippen LogP contribution is -2.32. The Hall–Kier alpha value is -0.650. The van der Waals surface area contributed by atoms with Gasteiger partial charge >= 0.3 is 5.97 Å². The Morgan fingerprint density at radius 3 is 2.45 bits per heavy atom. The summed E-state index contributed by atoms with van der Waals surface area (Å²) in [4.78, 5) is 10.2. The maximum atomic E-state index is 10.2. The molecule has 0 aromatic carbocycles. The average molecular weight is 164 g/mol. The van der Waals surface area contributed by atoms with Crippen LogP contribution in [0.5, 0.6) is 0 Å². The van der Waals surface area contributed by atoms with Crippen molar-refractivity contribution < 1.29 is 15.0 Å². The summed E-state index contributed by atoms with van der Waals surface area (Å²) < 4.78 is 0. The number of carbonyl (C=O) groups is 1. The van der Waals surface area contributed by atoms with E-state index < -0.39 is 18.1 Å². The summed E-state index contributed by atoms with van der Waals surface area (Å²) >= 11 is 0. The van der Waals surface area contributed by atoms with Gasteiger partial charge in [-0.25, -0.2) is 0 Å². The maximum Gasteiger partial charge on any atom is 0.320 e. The quantitative estimate of drug-likeness (QED) is 0.395. The van der Waals surface area contributed by atoms with E-state index in [1.807, 2.05) is 0 Å². The van der Waals surface area contributed by atoms with Crippen LogP contribution in [0, 0.1) is 0 Å². The highest BCUT2D eigenvalue weighted by molar-refractivity contribution is 5.72. The van der Waals surface area contributed by atoms with Crippen LogP contribution in [0.4, 0.5) is 0 Å². The van der Waals surface area contributed by atoms with Gasteiger partial charge in [0.1, 0.15) is 6.04 Å². The van der Waals surface area contributed by atoms with Crippen LogP contribution in [0.2, 0.25) is 0 Å². The van der Waals surface area contributed by atoms with E-state index in [4.69, 9.17) is 21.7 Å². The molecule has 0 radical (unpaired) electrons. The zero-order chi connectivity index (χ0) is 8.85. The van der Waals surface area contributed by atoms with Gasteiger partial charge in [0.15, 0.2) is 0 Å². The van der Waals surface area contributed by atoms with Gasteiger partial charge in [-0.1, -0.05) is 0 Å². The molecule has 0 aliphatic rings. The molecular formula is C6H14N2O3. The third kappa shape index (κ3) is 4.72. The first kappa shape index (κ1) is 10.3. The third-order valence-electron chi connectivity index (χ3n) is 1.40. The largest absolute Gasteiger partial charge is 0.480 e. The minimum atomic E-state index is -1.05. The van der Waals surface area contributed by atoms with Crippen LogP contribution in [0.25, 0.3) is 0 Å². The van der Waals surface area contributed by atoms with E-state index in [0.717, 1.165) is 0 Å². The van der Waals surface area contributed by atoms with Gasteiger partial charge in [-0.3, -0.25) is 4.79 Å². The lowest BCUT2D eigenvalue weighted by atomic mass is 10.1. The van der Waals surface area contributed by atoms with Crippen LogP contribution < -0.4 is 11.5 Å². The molecule has 0 bridgehead atoms. The molecule has 0 fully saturated rings. The average Bonchev–Trinajstić information content (AvgIpc) is 1.99. The molecule has 0 saturated carbocycles. The number of hydrogen-bond donors (Lipinski definition) is 4. The topological polar surface area (TPSA) is 110 Å². The molecule has 0 spiro atoms. The summed E-state index contributed by atoms with van der Waals surface area (Å²) in [5, 5.41) is 17.2. The summed E-state index contributed by atoms with van der Waals surface area (Å²) in [6.45, 7) is 0.145. The Kier molecular flexibility index (Phi) is 4.76. The van der Waals surface area contributed by atoms with Gasteiger partial charge in [0, 0.05) is 6.54 Å². The van der Waals surface area contributed by atoms with Crippen molar-refractivity contribution in [2.75, 3.05) is 6.54 Å². The molecule has 66 valence electrons. The molecule has 0 heterocycles. The normalized spacial score (nSPS) is 15.9. The van der Waals surface area contributed by atoms with Crippen molar-refractivity contribution >= 4 is 5.97 Å². The molecule has 5 heteroatoms. The van der Waals surface area contributed by atoms with Crippen LogP contribution in [-0.4, -0.2) is 34.9 Å². The predicted molar refractivity (Wildman–Crippen MR) is 39.9 cm³/mol. The van der Waals surface area contributed by atoms with Crippen molar-refractivity contribution in [3.05, 3.63) is 0 Å². The van der Waals surface area contributed by atoms with E-state index in [1.165, 1.54) is 0 Å². The first-order valence-corrected chi connectivity index (χ1v) is 3.44. The summed E-state index contributed by atoms with van der Waals surface area (Å²) in [5.41, 5.74) is 10.3. The molecule has 0 aromatic heterocycles. The standard InChI is InChI=1S/C6H14N2O3/c7-3-4(9)1-2-5(8)6(10)11/h4-5,9H,1-3,7-8H2,(H,10,11)/t4?,5-/m0/s1/i3+2. The molecular weight excluding hydrogens is 150 g/mol. The van der Waals surface area contributed by atoms with E-state index in [0.29, 0.717) is 6.42 Å². The third-order valence-corrected chi connectivity index (χ3v) is 1.40. The molecule has 1 unspecified atom stereocenters. The fourth-order valence-corrected chi connectivity index (χ4v) is 0.613. The maximum absolute atomic E-state index is 10.2. The van der Waals surface area contributed by atoms with Crippen LogP contribution in [0.15, 0.2) is 0 Å². The van der Waals surface area contributed by atoms with Crippen molar-refractivity contribution in [2.24, 2.45) is 11.5 Å². The number of aliphatic hydroxyl groups excluding tert-OH is 1. The van der Waals surface area contributed by atoms with E-state index in [2.05, 4.69) is 0 Å². The zero-order valence-corrected chi connectivity index (χ0v) is 6.23. The monoisotopic (exact) mass is 164 g/mol. The summed E-state index contributed by atoms with van der Waals surface area (Å²) in [6, 6.07) is -0.892. The molecule has 2 atom stereocenters. The SMILES string of the molecule is N[14CH2]C(O)CC[C@H](N)C(=O)O. The van der Waals surface area contributed by atoms with Crippen molar-refractivity contribution in [3.63, 3.8) is 0 Å². The second kappa shape index (κ2) is 5.06. The van der Waals surface area contributed by atoms with Crippen molar-refractivity contribution in [1.29, 1.82) is 0 Å². The van der Waals surface area contributed by atoms with Crippen molar-refractivity contribution in [2.45, 2.75) is 25.0 Å². The number of carboxylic acids is 1.